The van der Waals surface area contributed by atoms with Crippen LogP contribution >= 0.6 is 0 Å². The minimum atomic E-state index is -1.08. The number of carboxylic acid groups (broad SMARTS) is 1. The zero-order chi connectivity index (χ0) is 22.2. The maximum absolute atomic E-state index is 13.1. The van der Waals surface area contributed by atoms with Crippen LogP contribution in [-0.4, -0.2) is 28.5 Å². The molecule has 5 nitrogen and oxygen atoms in total. The fourth-order valence-electron chi connectivity index (χ4n) is 3.29. The molecule has 1 N–H and O–H groups in total. The Morgan fingerprint density at radius 2 is 1.48 bits per heavy atom. The Morgan fingerprint density at radius 1 is 0.871 bits per heavy atom. The number of aryl methyl sites for hydroxylation is 2. The molecule has 3 rings (SSSR count). The van der Waals surface area contributed by atoms with E-state index in [0.717, 1.165) is 23.1 Å². The first-order valence-electron chi connectivity index (χ1n) is 10.3. The first-order chi connectivity index (χ1) is 15.0. The smallest absolute Gasteiger partial charge is 0.339 e. The minimum Gasteiger partial charge on any atom is -0.483 e. The molecule has 0 aliphatic heterocycles. The molecule has 0 atom stereocenters. The summed E-state index contributed by atoms with van der Waals surface area (Å²) >= 11 is 0. The van der Waals surface area contributed by atoms with E-state index in [4.69, 9.17) is 4.74 Å². The van der Waals surface area contributed by atoms with Gasteiger partial charge in [-0.1, -0.05) is 67.6 Å². The highest BCUT2D eigenvalue weighted by molar-refractivity contribution is 5.91. The molecule has 0 saturated carbocycles. The van der Waals surface area contributed by atoms with Gasteiger partial charge in [0.05, 0.1) is 0 Å². The Labute approximate surface area is 182 Å². The van der Waals surface area contributed by atoms with Crippen LogP contribution in [0.2, 0.25) is 0 Å². The van der Waals surface area contributed by atoms with Crippen molar-refractivity contribution in [2.75, 3.05) is 6.61 Å². The highest BCUT2D eigenvalue weighted by Gasteiger charge is 2.18. The molecule has 0 aliphatic carbocycles. The van der Waals surface area contributed by atoms with E-state index in [-0.39, 0.29) is 23.8 Å². The van der Waals surface area contributed by atoms with E-state index in [1.54, 1.807) is 17.0 Å². The van der Waals surface area contributed by atoms with Crippen molar-refractivity contribution in [1.82, 2.24) is 4.90 Å². The summed E-state index contributed by atoms with van der Waals surface area (Å²) in [4.78, 5) is 26.3. The Morgan fingerprint density at radius 3 is 2.10 bits per heavy atom. The van der Waals surface area contributed by atoms with Crippen LogP contribution in [0.3, 0.4) is 0 Å². The summed E-state index contributed by atoms with van der Waals surface area (Å²) in [5.41, 5.74) is 4.20. The van der Waals surface area contributed by atoms with Crippen molar-refractivity contribution in [3.05, 3.63) is 101 Å². The van der Waals surface area contributed by atoms with E-state index >= 15 is 0 Å². The molecule has 0 aliphatic rings. The Bertz CT molecular complexity index is 1030. The first kappa shape index (κ1) is 22.1. The van der Waals surface area contributed by atoms with E-state index in [9.17, 15) is 14.7 Å². The number of hydrogen-bond donors (Lipinski definition) is 1. The van der Waals surface area contributed by atoms with Gasteiger partial charge >= 0.3 is 5.97 Å². The second kappa shape index (κ2) is 10.4. The molecule has 0 spiro atoms. The van der Waals surface area contributed by atoms with E-state index in [1.807, 2.05) is 49.4 Å². The quantitative estimate of drug-likeness (QED) is 0.540. The van der Waals surface area contributed by atoms with Gasteiger partial charge in [-0.3, -0.25) is 4.79 Å². The summed E-state index contributed by atoms with van der Waals surface area (Å²) in [6, 6.07) is 22.8. The summed E-state index contributed by atoms with van der Waals surface area (Å²) < 4.78 is 5.66. The lowest BCUT2D eigenvalue weighted by atomic mass is 10.1. The Kier molecular flexibility index (Phi) is 7.44. The third-order valence-electron chi connectivity index (χ3n) is 5.09. The first-order valence-corrected chi connectivity index (χ1v) is 10.3. The molecular weight excluding hydrogens is 390 g/mol. The molecule has 160 valence electrons. The Balaban J connectivity index is 1.77. The number of aromatic carboxylic acids is 1. The monoisotopic (exact) mass is 417 g/mol. The second-order valence-electron chi connectivity index (χ2n) is 7.50. The maximum Gasteiger partial charge on any atom is 0.339 e. The fourth-order valence-corrected chi connectivity index (χ4v) is 3.29. The van der Waals surface area contributed by atoms with Crippen LogP contribution in [0.15, 0.2) is 72.8 Å². The molecule has 0 bridgehead atoms. The minimum absolute atomic E-state index is 0.0446. The van der Waals surface area contributed by atoms with Gasteiger partial charge in [0.1, 0.15) is 11.3 Å². The molecule has 0 saturated heterocycles. The number of amides is 1. The highest BCUT2D eigenvalue weighted by Crippen LogP contribution is 2.21. The Hall–Kier alpha value is -3.60. The average molecular weight is 418 g/mol. The zero-order valence-electron chi connectivity index (χ0n) is 17.9. The number of benzene rings is 3. The lowest BCUT2D eigenvalue weighted by Crippen LogP contribution is -2.34. The molecular formula is C26H27NO4. The number of rotatable bonds is 9. The number of carboxylic acids is 1. The van der Waals surface area contributed by atoms with Crippen LogP contribution in [0.5, 0.6) is 5.75 Å². The van der Waals surface area contributed by atoms with Crippen LogP contribution in [-0.2, 0) is 24.3 Å². The van der Waals surface area contributed by atoms with E-state index in [2.05, 4.69) is 19.1 Å². The molecule has 0 heterocycles. The van der Waals surface area contributed by atoms with Crippen LogP contribution in [0.25, 0.3) is 0 Å². The van der Waals surface area contributed by atoms with Gasteiger partial charge in [-0.2, -0.15) is 0 Å². The van der Waals surface area contributed by atoms with Crippen LogP contribution in [0.1, 0.15) is 39.5 Å². The zero-order valence-corrected chi connectivity index (χ0v) is 17.9. The molecule has 0 radical (unpaired) electrons. The van der Waals surface area contributed by atoms with Gasteiger partial charge in [0, 0.05) is 13.1 Å². The lowest BCUT2D eigenvalue weighted by molar-refractivity contribution is -0.134. The average Bonchev–Trinajstić information content (AvgIpc) is 2.78. The van der Waals surface area contributed by atoms with Crippen molar-refractivity contribution in [3.8, 4) is 5.75 Å². The van der Waals surface area contributed by atoms with Crippen molar-refractivity contribution in [2.45, 2.75) is 33.4 Å². The molecule has 5 heteroatoms. The molecule has 0 fully saturated rings. The van der Waals surface area contributed by atoms with Crippen molar-refractivity contribution < 1.29 is 19.4 Å². The van der Waals surface area contributed by atoms with Gasteiger partial charge in [0.2, 0.25) is 0 Å². The molecule has 0 unspecified atom stereocenters. The normalized spacial score (nSPS) is 10.5. The number of carbonyl (C=O) groups is 2. The van der Waals surface area contributed by atoms with Crippen LogP contribution in [0, 0.1) is 6.92 Å². The van der Waals surface area contributed by atoms with E-state index < -0.39 is 5.97 Å². The predicted molar refractivity (Wildman–Crippen MR) is 120 cm³/mol. The van der Waals surface area contributed by atoms with Gasteiger partial charge in [-0.25, -0.2) is 4.79 Å². The van der Waals surface area contributed by atoms with Gasteiger partial charge in [-0.05, 0) is 47.7 Å². The van der Waals surface area contributed by atoms with Gasteiger partial charge in [0.15, 0.2) is 6.61 Å². The third kappa shape index (κ3) is 6.19. The second-order valence-corrected chi connectivity index (χ2v) is 7.50. The van der Waals surface area contributed by atoms with E-state index in [1.165, 1.54) is 11.6 Å². The number of carbonyl (C=O) groups excluding carboxylic acids is 1. The third-order valence-corrected chi connectivity index (χ3v) is 5.09. The molecule has 1 amide bonds. The molecule has 31 heavy (non-hydrogen) atoms. The van der Waals surface area contributed by atoms with Gasteiger partial charge < -0.3 is 14.7 Å². The maximum atomic E-state index is 13.1. The van der Waals surface area contributed by atoms with E-state index in [0.29, 0.717) is 13.1 Å². The SMILES string of the molecule is CCc1ccc(CN(Cc2ccccc2)C(=O)COc2cc(C)ccc2C(=O)O)cc1. The number of hydrogen-bond acceptors (Lipinski definition) is 3. The van der Waals surface area contributed by atoms with Crippen molar-refractivity contribution in [1.29, 1.82) is 0 Å². The van der Waals surface area contributed by atoms with Crippen LogP contribution < -0.4 is 4.74 Å². The summed E-state index contributed by atoms with van der Waals surface area (Å²) in [6.45, 7) is 4.61. The van der Waals surface area contributed by atoms with Crippen molar-refractivity contribution >= 4 is 11.9 Å². The largest absolute Gasteiger partial charge is 0.483 e. The summed E-state index contributed by atoms with van der Waals surface area (Å²) in [5.74, 6) is -1.09. The summed E-state index contributed by atoms with van der Waals surface area (Å²) in [7, 11) is 0. The number of nitrogens with zero attached hydrogens (tertiary/aromatic N) is 1. The molecule has 0 aromatic heterocycles. The molecule has 3 aromatic rings. The van der Waals surface area contributed by atoms with Crippen molar-refractivity contribution in [2.24, 2.45) is 0 Å². The standard InChI is InChI=1S/C26H27NO4/c1-3-20-10-12-22(13-11-20)17-27(16-21-7-5-4-6-8-21)25(28)18-31-24-15-19(2)9-14-23(24)26(29)30/h4-15H,3,16-18H2,1-2H3,(H,29,30). The lowest BCUT2D eigenvalue weighted by Gasteiger charge is -2.23. The summed E-state index contributed by atoms with van der Waals surface area (Å²) in [6.07, 6.45) is 0.961. The highest BCUT2D eigenvalue weighted by atomic mass is 16.5. The summed E-state index contributed by atoms with van der Waals surface area (Å²) in [5, 5.41) is 9.39. The van der Waals surface area contributed by atoms with Gasteiger partial charge in [-0.15, -0.1) is 0 Å². The van der Waals surface area contributed by atoms with Gasteiger partial charge in [0.25, 0.3) is 5.91 Å². The topological polar surface area (TPSA) is 66.8 Å². The fraction of sp³-hybridized carbons (Fsp3) is 0.231. The molecule has 3 aromatic carbocycles. The van der Waals surface area contributed by atoms with Crippen molar-refractivity contribution in [3.63, 3.8) is 0 Å². The predicted octanol–water partition coefficient (Wildman–Crippen LogP) is 4.86. The van der Waals surface area contributed by atoms with Crippen LogP contribution in [0.4, 0.5) is 0 Å². The number of ether oxygens (including phenoxy) is 1.